The molecule has 0 atom stereocenters. The Labute approximate surface area is 151 Å². The molecule has 1 amide bonds. The molecular formula is C19H19N5O2. The Hall–Kier alpha value is -3.22. The van der Waals surface area contributed by atoms with E-state index in [1.165, 1.54) is 0 Å². The number of piperidine rings is 1. The van der Waals surface area contributed by atoms with Gasteiger partial charge in [-0.05, 0) is 37.1 Å². The van der Waals surface area contributed by atoms with Crippen LogP contribution in [0.4, 0.5) is 0 Å². The summed E-state index contributed by atoms with van der Waals surface area (Å²) < 4.78 is 7.60. The van der Waals surface area contributed by atoms with Crippen LogP contribution in [0.5, 0.6) is 11.6 Å². The van der Waals surface area contributed by atoms with E-state index in [2.05, 4.69) is 15.3 Å². The first kappa shape index (κ1) is 16.3. The maximum absolute atomic E-state index is 12.8. The van der Waals surface area contributed by atoms with Crippen molar-refractivity contribution in [2.75, 3.05) is 13.1 Å². The normalized spacial score (nSPS) is 15.0. The summed E-state index contributed by atoms with van der Waals surface area (Å²) in [6, 6.07) is 13.0. The van der Waals surface area contributed by atoms with Crippen molar-refractivity contribution >= 4 is 5.91 Å². The molecule has 1 fully saturated rings. The standard InChI is InChI=1S/C19H19N5O2/c25-19(23-11-7-16(8-12-23)24-13-10-21-22-24)15-4-3-5-17(14-15)26-18-6-1-2-9-20-18/h1-6,9-10,13-14,16H,7-8,11-12H2. The molecule has 0 saturated carbocycles. The van der Waals surface area contributed by atoms with Crippen molar-refractivity contribution in [3.05, 3.63) is 66.6 Å². The van der Waals surface area contributed by atoms with Crippen LogP contribution in [0, 0.1) is 0 Å². The minimum absolute atomic E-state index is 0.0218. The second-order valence-corrected chi connectivity index (χ2v) is 6.20. The Bertz CT molecular complexity index is 859. The molecule has 0 bridgehead atoms. The van der Waals surface area contributed by atoms with Crippen LogP contribution in [-0.2, 0) is 0 Å². The number of amides is 1. The predicted molar refractivity (Wildman–Crippen MR) is 94.9 cm³/mol. The zero-order chi connectivity index (χ0) is 17.8. The summed E-state index contributed by atoms with van der Waals surface area (Å²) in [5.74, 6) is 1.13. The fraction of sp³-hybridized carbons (Fsp3) is 0.263. The second kappa shape index (κ2) is 7.35. The van der Waals surface area contributed by atoms with Crippen LogP contribution in [0.2, 0.25) is 0 Å². The lowest BCUT2D eigenvalue weighted by molar-refractivity contribution is 0.0689. The molecule has 2 aromatic heterocycles. The van der Waals surface area contributed by atoms with Gasteiger partial charge in [-0.1, -0.05) is 17.3 Å². The SMILES string of the molecule is O=C(c1cccc(Oc2ccccn2)c1)N1CCC(n2ccnn2)CC1. The minimum Gasteiger partial charge on any atom is -0.439 e. The Morgan fingerprint density at radius 3 is 2.69 bits per heavy atom. The number of aromatic nitrogens is 4. The lowest BCUT2D eigenvalue weighted by Crippen LogP contribution is -2.39. The van der Waals surface area contributed by atoms with Gasteiger partial charge in [-0.15, -0.1) is 5.10 Å². The van der Waals surface area contributed by atoms with Crippen LogP contribution in [0.25, 0.3) is 0 Å². The molecule has 132 valence electrons. The highest BCUT2D eigenvalue weighted by atomic mass is 16.5. The van der Waals surface area contributed by atoms with E-state index in [0.29, 0.717) is 36.3 Å². The topological polar surface area (TPSA) is 73.1 Å². The van der Waals surface area contributed by atoms with Crippen LogP contribution >= 0.6 is 0 Å². The Kier molecular flexibility index (Phi) is 4.59. The zero-order valence-corrected chi connectivity index (χ0v) is 14.2. The quantitative estimate of drug-likeness (QED) is 0.724. The predicted octanol–water partition coefficient (Wildman–Crippen LogP) is 2.94. The van der Waals surface area contributed by atoms with Gasteiger partial charge in [0.15, 0.2) is 0 Å². The molecule has 1 aliphatic heterocycles. The monoisotopic (exact) mass is 349 g/mol. The summed E-state index contributed by atoms with van der Waals surface area (Å²) in [7, 11) is 0. The average Bonchev–Trinajstić information content (AvgIpc) is 3.23. The molecule has 4 rings (SSSR count). The van der Waals surface area contributed by atoms with E-state index < -0.39 is 0 Å². The maximum Gasteiger partial charge on any atom is 0.253 e. The summed E-state index contributed by atoms with van der Waals surface area (Å²) in [5.41, 5.74) is 0.623. The van der Waals surface area contributed by atoms with Gasteiger partial charge in [0.2, 0.25) is 5.88 Å². The number of ether oxygens (including phenoxy) is 1. The summed E-state index contributed by atoms with van der Waals surface area (Å²) in [6.45, 7) is 1.41. The van der Waals surface area contributed by atoms with Crippen LogP contribution in [-0.4, -0.2) is 43.9 Å². The lowest BCUT2D eigenvalue weighted by atomic mass is 10.0. The lowest BCUT2D eigenvalue weighted by Gasteiger charge is -2.32. The maximum atomic E-state index is 12.8. The number of hydrogen-bond acceptors (Lipinski definition) is 5. The van der Waals surface area contributed by atoms with Gasteiger partial charge in [0.25, 0.3) is 5.91 Å². The number of nitrogens with zero attached hydrogens (tertiary/aromatic N) is 5. The van der Waals surface area contributed by atoms with Gasteiger partial charge in [-0.25, -0.2) is 9.67 Å². The average molecular weight is 349 g/mol. The van der Waals surface area contributed by atoms with Crippen molar-refractivity contribution in [1.29, 1.82) is 0 Å². The third kappa shape index (κ3) is 3.56. The number of carbonyl (C=O) groups excluding carboxylic acids is 1. The van der Waals surface area contributed by atoms with Gasteiger partial charge >= 0.3 is 0 Å². The molecule has 1 aliphatic rings. The summed E-state index contributed by atoms with van der Waals surface area (Å²) >= 11 is 0. The molecule has 0 aliphatic carbocycles. The molecular weight excluding hydrogens is 330 g/mol. The second-order valence-electron chi connectivity index (χ2n) is 6.20. The van der Waals surface area contributed by atoms with E-state index >= 15 is 0 Å². The van der Waals surface area contributed by atoms with Gasteiger partial charge < -0.3 is 9.64 Å². The fourth-order valence-corrected chi connectivity index (χ4v) is 3.15. The van der Waals surface area contributed by atoms with Crippen LogP contribution in [0.15, 0.2) is 61.1 Å². The van der Waals surface area contributed by atoms with Crippen LogP contribution < -0.4 is 4.74 Å². The molecule has 1 saturated heterocycles. The molecule has 7 nitrogen and oxygen atoms in total. The highest BCUT2D eigenvalue weighted by Crippen LogP contribution is 2.24. The highest BCUT2D eigenvalue weighted by Gasteiger charge is 2.25. The van der Waals surface area contributed by atoms with Crippen molar-refractivity contribution in [2.24, 2.45) is 0 Å². The first-order valence-corrected chi connectivity index (χ1v) is 8.63. The zero-order valence-electron chi connectivity index (χ0n) is 14.2. The molecule has 0 N–H and O–H groups in total. The van der Waals surface area contributed by atoms with Crippen molar-refractivity contribution in [3.63, 3.8) is 0 Å². The van der Waals surface area contributed by atoms with Crippen LogP contribution in [0.3, 0.4) is 0 Å². The fourth-order valence-electron chi connectivity index (χ4n) is 3.15. The van der Waals surface area contributed by atoms with Crippen molar-refractivity contribution in [2.45, 2.75) is 18.9 Å². The van der Waals surface area contributed by atoms with Gasteiger partial charge in [-0.3, -0.25) is 4.79 Å². The molecule has 0 unspecified atom stereocenters. The molecule has 0 spiro atoms. The first-order chi connectivity index (χ1) is 12.8. The van der Waals surface area contributed by atoms with Crippen molar-refractivity contribution in [1.82, 2.24) is 24.9 Å². The van der Waals surface area contributed by atoms with Crippen molar-refractivity contribution in [3.8, 4) is 11.6 Å². The third-order valence-electron chi connectivity index (χ3n) is 4.51. The minimum atomic E-state index is 0.0218. The van der Waals surface area contributed by atoms with Gasteiger partial charge in [0.1, 0.15) is 5.75 Å². The van der Waals surface area contributed by atoms with Crippen molar-refractivity contribution < 1.29 is 9.53 Å². The molecule has 3 aromatic rings. The van der Waals surface area contributed by atoms with E-state index in [9.17, 15) is 4.79 Å². The van der Waals surface area contributed by atoms with E-state index in [1.807, 2.05) is 46.1 Å². The Morgan fingerprint density at radius 2 is 1.96 bits per heavy atom. The summed E-state index contributed by atoms with van der Waals surface area (Å²) in [5, 5.41) is 7.92. The van der Waals surface area contributed by atoms with E-state index in [4.69, 9.17) is 4.74 Å². The van der Waals surface area contributed by atoms with Gasteiger partial charge in [0, 0.05) is 37.1 Å². The van der Waals surface area contributed by atoms with Crippen LogP contribution in [0.1, 0.15) is 29.2 Å². The van der Waals surface area contributed by atoms with E-state index in [0.717, 1.165) is 12.8 Å². The number of benzene rings is 1. The van der Waals surface area contributed by atoms with E-state index in [-0.39, 0.29) is 5.91 Å². The number of likely N-dealkylation sites (tertiary alicyclic amines) is 1. The Morgan fingerprint density at radius 1 is 1.08 bits per heavy atom. The molecule has 7 heteroatoms. The smallest absolute Gasteiger partial charge is 0.253 e. The largest absolute Gasteiger partial charge is 0.439 e. The number of pyridine rings is 1. The van der Waals surface area contributed by atoms with Gasteiger partial charge in [-0.2, -0.15) is 0 Å². The molecule has 3 heterocycles. The third-order valence-corrected chi connectivity index (χ3v) is 4.51. The Balaban J connectivity index is 1.41. The van der Waals surface area contributed by atoms with Gasteiger partial charge in [0.05, 0.1) is 12.2 Å². The number of hydrogen-bond donors (Lipinski definition) is 0. The molecule has 26 heavy (non-hydrogen) atoms. The molecule has 0 radical (unpaired) electrons. The number of carbonyl (C=O) groups is 1. The highest BCUT2D eigenvalue weighted by molar-refractivity contribution is 5.94. The summed E-state index contributed by atoms with van der Waals surface area (Å²) in [6.07, 6.45) is 6.98. The first-order valence-electron chi connectivity index (χ1n) is 8.63. The molecule has 1 aromatic carbocycles. The number of rotatable bonds is 4. The summed E-state index contributed by atoms with van der Waals surface area (Å²) in [4.78, 5) is 18.8. The van der Waals surface area contributed by atoms with E-state index in [1.54, 1.807) is 24.5 Å².